The standard InChI is InChI=1S/C56H37N3/c1-2-14-38(15-3-1)42-18-10-19-43(34-42)39-30-32-41(33-31-39)52-37-53(45-21-12-23-47(36-45)59-54-28-8-6-25-50(54)51-26-7-9-29-55(51)59)58-56(57-52)46-22-11-20-44(35-46)49-27-13-17-40-16-4-5-24-48(40)49/h1-37H. The van der Waals surface area contributed by atoms with Crippen LogP contribution in [0.25, 0.3) is 106 Å². The molecule has 0 N–H and O–H groups in total. The Balaban J connectivity index is 1.04. The molecule has 0 amide bonds. The highest BCUT2D eigenvalue weighted by atomic mass is 15.0. The zero-order valence-electron chi connectivity index (χ0n) is 32.2. The Bertz CT molecular complexity index is 3260. The lowest BCUT2D eigenvalue weighted by molar-refractivity contribution is 1.16. The topological polar surface area (TPSA) is 30.7 Å². The van der Waals surface area contributed by atoms with Crippen LogP contribution in [0.3, 0.4) is 0 Å². The summed E-state index contributed by atoms with van der Waals surface area (Å²) in [5.41, 5.74) is 15.2. The van der Waals surface area contributed by atoms with Crippen LogP contribution in [-0.4, -0.2) is 14.5 Å². The molecule has 0 saturated heterocycles. The van der Waals surface area contributed by atoms with Crippen molar-refractivity contribution in [2.45, 2.75) is 0 Å². The first kappa shape index (κ1) is 34.4. The van der Waals surface area contributed by atoms with Crippen LogP contribution in [0.5, 0.6) is 0 Å². The van der Waals surface area contributed by atoms with E-state index in [0.717, 1.165) is 44.9 Å². The van der Waals surface area contributed by atoms with E-state index in [4.69, 9.17) is 9.97 Å². The highest BCUT2D eigenvalue weighted by molar-refractivity contribution is 6.09. The number of hydrogen-bond acceptors (Lipinski definition) is 2. The molecule has 0 spiro atoms. The number of nitrogens with zero attached hydrogens (tertiary/aromatic N) is 3. The fraction of sp³-hybridized carbons (Fsp3) is 0. The molecule has 9 aromatic carbocycles. The van der Waals surface area contributed by atoms with E-state index >= 15 is 0 Å². The van der Waals surface area contributed by atoms with Crippen LogP contribution in [0, 0.1) is 0 Å². The normalized spacial score (nSPS) is 11.4. The highest BCUT2D eigenvalue weighted by Gasteiger charge is 2.16. The maximum absolute atomic E-state index is 5.33. The average molecular weight is 752 g/mol. The fourth-order valence-electron chi connectivity index (χ4n) is 8.52. The van der Waals surface area contributed by atoms with Gasteiger partial charge in [0.25, 0.3) is 0 Å². The molecule has 59 heavy (non-hydrogen) atoms. The number of fused-ring (bicyclic) bond motifs is 4. The van der Waals surface area contributed by atoms with Gasteiger partial charge >= 0.3 is 0 Å². The molecule has 0 aliphatic rings. The van der Waals surface area contributed by atoms with Gasteiger partial charge in [0.15, 0.2) is 5.82 Å². The smallest absolute Gasteiger partial charge is 0.160 e. The van der Waals surface area contributed by atoms with Crippen LogP contribution in [-0.2, 0) is 0 Å². The van der Waals surface area contributed by atoms with Crippen molar-refractivity contribution in [3.8, 4) is 73.0 Å². The van der Waals surface area contributed by atoms with E-state index in [9.17, 15) is 0 Å². The van der Waals surface area contributed by atoms with Gasteiger partial charge in [0.05, 0.1) is 22.4 Å². The number of para-hydroxylation sites is 2. The summed E-state index contributed by atoms with van der Waals surface area (Å²) in [7, 11) is 0. The van der Waals surface area contributed by atoms with E-state index in [2.05, 4.69) is 229 Å². The second-order valence-electron chi connectivity index (χ2n) is 15.0. The summed E-state index contributed by atoms with van der Waals surface area (Å²) in [6.45, 7) is 0. The molecule has 2 aromatic heterocycles. The molecule has 0 bridgehead atoms. The molecule has 276 valence electrons. The first-order valence-electron chi connectivity index (χ1n) is 20.1. The van der Waals surface area contributed by atoms with Crippen molar-refractivity contribution in [2.75, 3.05) is 0 Å². The van der Waals surface area contributed by atoms with Crippen molar-refractivity contribution in [3.05, 3.63) is 224 Å². The van der Waals surface area contributed by atoms with Gasteiger partial charge in [-0.25, -0.2) is 9.97 Å². The minimum absolute atomic E-state index is 0.682. The van der Waals surface area contributed by atoms with Crippen LogP contribution in [0.15, 0.2) is 224 Å². The fourth-order valence-corrected chi connectivity index (χ4v) is 8.52. The molecular formula is C56H37N3. The second-order valence-corrected chi connectivity index (χ2v) is 15.0. The first-order valence-corrected chi connectivity index (χ1v) is 20.1. The van der Waals surface area contributed by atoms with Crippen LogP contribution >= 0.6 is 0 Å². The van der Waals surface area contributed by atoms with Crippen molar-refractivity contribution in [1.82, 2.24) is 14.5 Å². The Hall–Kier alpha value is -7.88. The summed E-state index contributed by atoms with van der Waals surface area (Å²) >= 11 is 0. The van der Waals surface area contributed by atoms with Crippen LogP contribution in [0.2, 0.25) is 0 Å². The maximum Gasteiger partial charge on any atom is 0.160 e. The van der Waals surface area contributed by atoms with E-state index < -0.39 is 0 Å². The Morgan fingerprint density at radius 3 is 1.53 bits per heavy atom. The summed E-state index contributed by atoms with van der Waals surface area (Å²) in [6.07, 6.45) is 0. The summed E-state index contributed by atoms with van der Waals surface area (Å²) < 4.78 is 2.36. The lowest BCUT2D eigenvalue weighted by Crippen LogP contribution is -1.98. The molecule has 0 radical (unpaired) electrons. The van der Waals surface area contributed by atoms with Gasteiger partial charge in [0, 0.05) is 33.2 Å². The number of rotatable bonds is 7. The van der Waals surface area contributed by atoms with Crippen molar-refractivity contribution in [1.29, 1.82) is 0 Å². The minimum Gasteiger partial charge on any atom is -0.309 e. The molecule has 0 aliphatic carbocycles. The Kier molecular flexibility index (Phi) is 8.49. The van der Waals surface area contributed by atoms with Gasteiger partial charge in [-0.15, -0.1) is 0 Å². The van der Waals surface area contributed by atoms with E-state index in [0.29, 0.717) is 5.82 Å². The minimum atomic E-state index is 0.682. The predicted octanol–water partition coefficient (Wildman–Crippen LogP) is 14.7. The molecule has 11 aromatic rings. The lowest BCUT2D eigenvalue weighted by atomic mass is 9.96. The summed E-state index contributed by atoms with van der Waals surface area (Å²) in [5.74, 6) is 0.682. The van der Waals surface area contributed by atoms with Gasteiger partial charge in [-0.1, -0.05) is 182 Å². The third-order valence-electron chi connectivity index (χ3n) is 11.4. The number of hydrogen-bond donors (Lipinski definition) is 0. The molecule has 11 rings (SSSR count). The molecule has 0 fully saturated rings. The van der Waals surface area contributed by atoms with E-state index in [1.807, 2.05) is 0 Å². The summed E-state index contributed by atoms with van der Waals surface area (Å²) in [5, 5.41) is 4.91. The Morgan fingerprint density at radius 1 is 0.288 bits per heavy atom. The molecule has 0 aliphatic heterocycles. The Labute approximate surface area is 343 Å². The van der Waals surface area contributed by atoms with Crippen LogP contribution < -0.4 is 0 Å². The van der Waals surface area contributed by atoms with Crippen molar-refractivity contribution in [3.63, 3.8) is 0 Å². The van der Waals surface area contributed by atoms with Crippen LogP contribution in [0.4, 0.5) is 0 Å². The molecule has 0 unspecified atom stereocenters. The third-order valence-corrected chi connectivity index (χ3v) is 11.4. The second kappa shape index (κ2) is 14.6. The lowest BCUT2D eigenvalue weighted by Gasteiger charge is -2.13. The van der Waals surface area contributed by atoms with Crippen molar-refractivity contribution in [2.24, 2.45) is 0 Å². The molecule has 3 nitrogen and oxygen atoms in total. The highest BCUT2D eigenvalue weighted by Crippen LogP contribution is 2.36. The van der Waals surface area contributed by atoms with Crippen molar-refractivity contribution >= 4 is 32.6 Å². The van der Waals surface area contributed by atoms with Gasteiger partial charge in [-0.2, -0.15) is 0 Å². The largest absolute Gasteiger partial charge is 0.309 e. The maximum atomic E-state index is 5.33. The monoisotopic (exact) mass is 751 g/mol. The van der Waals surface area contributed by atoms with Crippen LogP contribution in [0.1, 0.15) is 0 Å². The van der Waals surface area contributed by atoms with Gasteiger partial charge in [-0.05, 0) is 86.6 Å². The number of aromatic nitrogens is 3. The van der Waals surface area contributed by atoms with E-state index in [1.165, 1.54) is 54.8 Å². The molecular weight excluding hydrogens is 715 g/mol. The average Bonchev–Trinajstić information content (AvgIpc) is 3.66. The van der Waals surface area contributed by atoms with E-state index in [1.54, 1.807) is 0 Å². The quantitative estimate of drug-likeness (QED) is 0.162. The SMILES string of the molecule is c1ccc(-c2cccc(-c3ccc(-c4cc(-c5cccc(-n6c7ccccc7c7ccccc76)c5)nc(-c5cccc(-c6cccc7ccccc67)c5)n4)cc3)c2)cc1. The third kappa shape index (κ3) is 6.36. The summed E-state index contributed by atoms with van der Waals surface area (Å²) in [6, 6.07) is 79.9. The first-order chi connectivity index (χ1) is 29.2. The predicted molar refractivity (Wildman–Crippen MR) is 246 cm³/mol. The van der Waals surface area contributed by atoms with Gasteiger partial charge in [0.2, 0.25) is 0 Å². The zero-order valence-corrected chi connectivity index (χ0v) is 32.2. The van der Waals surface area contributed by atoms with Crippen molar-refractivity contribution < 1.29 is 0 Å². The van der Waals surface area contributed by atoms with Gasteiger partial charge in [0.1, 0.15) is 0 Å². The summed E-state index contributed by atoms with van der Waals surface area (Å²) in [4.78, 5) is 10.6. The molecule has 0 atom stereocenters. The van der Waals surface area contributed by atoms with E-state index in [-0.39, 0.29) is 0 Å². The van der Waals surface area contributed by atoms with Gasteiger partial charge in [-0.3, -0.25) is 0 Å². The van der Waals surface area contributed by atoms with Gasteiger partial charge < -0.3 is 4.57 Å². The zero-order chi connectivity index (χ0) is 39.1. The number of benzene rings is 9. The molecule has 0 saturated carbocycles. The molecule has 3 heteroatoms. The Morgan fingerprint density at radius 2 is 0.780 bits per heavy atom. The molecule has 2 heterocycles.